The molecule has 0 aliphatic carbocycles. The van der Waals surface area contributed by atoms with Gasteiger partial charge in [-0.05, 0) is 12.1 Å². The third kappa shape index (κ3) is 2.23. The average Bonchev–Trinajstić information content (AvgIpc) is 2.18. The van der Waals surface area contributed by atoms with Crippen LogP contribution >= 0.6 is 0 Å². The quantitative estimate of drug-likeness (QED) is 0.711. The first-order valence-electron chi connectivity index (χ1n) is 4.12. The molecule has 4 nitrogen and oxygen atoms in total. The SMILES string of the molecule is CN(C)c1ccccc1NC(=O)C#N. The standard InChI is InChI=1S/C10H11N3O/c1-13(2)9-6-4-3-5-8(9)12-10(14)7-11/h3-6H,1-2H3,(H,12,14). The van der Waals surface area contributed by atoms with Crippen molar-refractivity contribution in [2.24, 2.45) is 0 Å². The number of amides is 1. The number of nitrogens with zero attached hydrogens (tertiary/aromatic N) is 2. The summed E-state index contributed by atoms with van der Waals surface area (Å²) in [7, 11) is 3.74. The highest BCUT2D eigenvalue weighted by molar-refractivity contribution is 6.04. The molecule has 0 atom stereocenters. The number of nitriles is 1. The van der Waals surface area contributed by atoms with Gasteiger partial charge in [-0.2, -0.15) is 5.26 Å². The van der Waals surface area contributed by atoms with Crippen LogP contribution in [0.4, 0.5) is 11.4 Å². The molecule has 0 saturated heterocycles. The normalized spacial score (nSPS) is 8.93. The van der Waals surface area contributed by atoms with Crippen LogP contribution in [0.2, 0.25) is 0 Å². The predicted molar refractivity (Wildman–Crippen MR) is 55.0 cm³/mol. The van der Waals surface area contributed by atoms with Crippen LogP contribution in [0, 0.1) is 11.3 Å². The Balaban J connectivity index is 2.97. The first-order valence-corrected chi connectivity index (χ1v) is 4.12. The van der Waals surface area contributed by atoms with E-state index in [1.54, 1.807) is 12.1 Å². The van der Waals surface area contributed by atoms with Gasteiger partial charge in [0, 0.05) is 14.1 Å². The second-order valence-corrected chi connectivity index (χ2v) is 2.98. The van der Waals surface area contributed by atoms with E-state index in [0.29, 0.717) is 5.69 Å². The number of hydrogen-bond donors (Lipinski definition) is 1. The zero-order valence-corrected chi connectivity index (χ0v) is 8.11. The predicted octanol–water partition coefficient (Wildman–Crippen LogP) is 1.21. The fourth-order valence-electron chi connectivity index (χ4n) is 1.12. The number of benzene rings is 1. The summed E-state index contributed by atoms with van der Waals surface area (Å²) in [6.45, 7) is 0. The molecule has 0 aromatic heterocycles. The van der Waals surface area contributed by atoms with Crippen LogP contribution in [0.5, 0.6) is 0 Å². The van der Waals surface area contributed by atoms with Gasteiger partial charge in [-0.15, -0.1) is 0 Å². The van der Waals surface area contributed by atoms with Crippen LogP contribution in [0.1, 0.15) is 0 Å². The van der Waals surface area contributed by atoms with Crippen molar-refractivity contribution in [2.75, 3.05) is 24.3 Å². The molecule has 1 N–H and O–H groups in total. The van der Waals surface area contributed by atoms with Gasteiger partial charge in [0.2, 0.25) is 0 Å². The number of nitrogens with one attached hydrogen (secondary N) is 1. The largest absolute Gasteiger partial charge is 0.376 e. The van der Waals surface area contributed by atoms with Crippen molar-refractivity contribution in [2.45, 2.75) is 0 Å². The maximum absolute atomic E-state index is 10.9. The van der Waals surface area contributed by atoms with E-state index in [2.05, 4.69) is 5.32 Å². The molecular weight excluding hydrogens is 178 g/mol. The Hall–Kier alpha value is -2.02. The molecule has 1 rings (SSSR count). The Morgan fingerprint density at radius 2 is 2.07 bits per heavy atom. The van der Waals surface area contributed by atoms with Crippen LogP contribution in [-0.4, -0.2) is 20.0 Å². The maximum atomic E-state index is 10.9. The highest BCUT2D eigenvalue weighted by atomic mass is 16.1. The van der Waals surface area contributed by atoms with Gasteiger partial charge >= 0.3 is 5.91 Å². The van der Waals surface area contributed by atoms with Crippen molar-refractivity contribution in [3.8, 4) is 6.07 Å². The fraction of sp³-hybridized carbons (Fsp3) is 0.200. The lowest BCUT2D eigenvalue weighted by Crippen LogP contribution is -2.14. The second-order valence-electron chi connectivity index (χ2n) is 2.98. The summed E-state index contributed by atoms with van der Waals surface area (Å²) in [4.78, 5) is 12.7. The summed E-state index contributed by atoms with van der Waals surface area (Å²) in [5, 5.41) is 10.8. The minimum atomic E-state index is -0.653. The molecule has 0 unspecified atom stereocenters. The van der Waals surface area contributed by atoms with Crippen molar-refractivity contribution in [1.29, 1.82) is 5.26 Å². The number of para-hydroxylation sites is 2. The minimum Gasteiger partial charge on any atom is -0.376 e. The molecule has 0 aliphatic heterocycles. The summed E-state index contributed by atoms with van der Waals surface area (Å²) in [6, 6.07) is 8.81. The minimum absolute atomic E-state index is 0.643. The van der Waals surface area contributed by atoms with Crippen molar-refractivity contribution in [3.05, 3.63) is 24.3 Å². The van der Waals surface area contributed by atoms with Crippen LogP contribution in [0.3, 0.4) is 0 Å². The van der Waals surface area contributed by atoms with Gasteiger partial charge in [-0.3, -0.25) is 4.79 Å². The van der Waals surface area contributed by atoms with Crippen LogP contribution < -0.4 is 10.2 Å². The smallest absolute Gasteiger partial charge is 0.326 e. The molecule has 1 aromatic carbocycles. The highest BCUT2D eigenvalue weighted by Gasteiger charge is 2.05. The molecule has 1 amide bonds. The van der Waals surface area contributed by atoms with E-state index in [1.807, 2.05) is 31.1 Å². The Morgan fingerprint density at radius 1 is 1.43 bits per heavy atom. The monoisotopic (exact) mass is 189 g/mol. The van der Waals surface area contributed by atoms with Crippen LogP contribution in [0.25, 0.3) is 0 Å². The van der Waals surface area contributed by atoms with Gasteiger partial charge in [0.15, 0.2) is 6.07 Å². The van der Waals surface area contributed by atoms with Gasteiger partial charge in [0.05, 0.1) is 11.4 Å². The van der Waals surface area contributed by atoms with Gasteiger partial charge in [0.1, 0.15) is 0 Å². The van der Waals surface area contributed by atoms with E-state index in [1.165, 1.54) is 6.07 Å². The van der Waals surface area contributed by atoms with Crippen molar-refractivity contribution >= 4 is 17.3 Å². The Labute approximate surface area is 82.8 Å². The van der Waals surface area contributed by atoms with Crippen LogP contribution in [-0.2, 0) is 4.79 Å². The Morgan fingerprint density at radius 3 is 2.64 bits per heavy atom. The topological polar surface area (TPSA) is 56.1 Å². The van der Waals surface area contributed by atoms with Crippen molar-refractivity contribution in [3.63, 3.8) is 0 Å². The Kier molecular flexibility index (Phi) is 3.08. The zero-order chi connectivity index (χ0) is 10.6. The molecular formula is C10H11N3O. The molecule has 0 spiro atoms. The molecule has 14 heavy (non-hydrogen) atoms. The van der Waals surface area contributed by atoms with E-state index in [9.17, 15) is 4.79 Å². The van der Waals surface area contributed by atoms with E-state index >= 15 is 0 Å². The number of carbonyl (C=O) groups is 1. The van der Waals surface area contributed by atoms with Gasteiger partial charge < -0.3 is 10.2 Å². The molecule has 4 heteroatoms. The second kappa shape index (κ2) is 4.28. The third-order valence-electron chi connectivity index (χ3n) is 1.74. The lowest BCUT2D eigenvalue weighted by molar-refractivity contribution is -0.111. The number of carbonyl (C=O) groups excluding carboxylic acids is 1. The zero-order valence-electron chi connectivity index (χ0n) is 8.11. The number of rotatable bonds is 2. The van der Waals surface area contributed by atoms with Crippen molar-refractivity contribution < 1.29 is 4.79 Å². The molecule has 0 saturated carbocycles. The Bertz CT molecular complexity index is 379. The number of anilines is 2. The van der Waals surface area contributed by atoms with E-state index in [4.69, 9.17) is 5.26 Å². The lowest BCUT2D eigenvalue weighted by atomic mass is 10.2. The molecule has 1 aromatic rings. The van der Waals surface area contributed by atoms with E-state index in [0.717, 1.165) is 5.69 Å². The first-order chi connectivity index (χ1) is 6.65. The third-order valence-corrected chi connectivity index (χ3v) is 1.74. The van der Waals surface area contributed by atoms with Crippen molar-refractivity contribution in [1.82, 2.24) is 0 Å². The van der Waals surface area contributed by atoms with E-state index < -0.39 is 5.91 Å². The summed E-state index contributed by atoms with van der Waals surface area (Å²) >= 11 is 0. The van der Waals surface area contributed by atoms with Gasteiger partial charge in [-0.25, -0.2) is 0 Å². The fourth-order valence-corrected chi connectivity index (χ4v) is 1.12. The molecule has 0 bridgehead atoms. The van der Waals surface area contributed by atoms with Gasteiger partial charge in [-0.1, -0.05) is 12.1 Å². The van der Waals surface area contributed by atoms with Gasteiger partial charge in [0.25, 0.3) is 0 Å². The molecule has 0 aliphatic rings. The molecule has 0 fully saturated rings. The average molecular weight is 189 g/mol. The molecule has 0 radical (unpaired) electrons. The number of hydrogen-bond acceptors (Lipinski definition) is 3. The first kappa shape index (κ1) is 10.1. The lowest BCUT2D eigenvalue weighted by Gasteiger charge is -2.16. The summed E-state index contributed by atoms with van der Waals surface area (Å²) < 4.78 is 0. The van der Waals surface area contributed by atoms with E-state index in [-0.39, 0.29) is 0 Å². The summed E-state index contributed by atoms with van der Waals surface area (Å²) in [5.41, 5.74) is 1.51. The highest BCUT2D eigenvalue weighted by Crippen LogP contribution is 2.22. The summed E-state index contributed by atoms with van der Waals surface area (Å²) in [6.07, 6.45) is 0. The van der Waals surface area contributed by atoms with Crippen LogP contribution in [0.15, 0.2) is 24.3 Å². The summed E-state index contributed by atoms with van der Waals surface area (Å²) in [5.74, 6) is -0.653. The molecule has 0 heterocycles. The maximum Gasteiger partial charge on any atom is 0.326 e. The molecule has 72 valence electrons.